The zero-order valence-corrected chi connectivity index (χ0v) is 10.3. The minimum absolute atomic E-state index is 0.432. The molecule has 1 aliphatic carbocycles. The molecule has 17 heavy (non-hydrogen) atoms. The fourth-order valence-electron chi connectivity index (χ4n) is 1.50. The summed E-state index contributed by atoms with van der Waals surface area (Å²) < 4.78 is 5.58. The minimum atomic E-state index is 0.432. The molecule has 1 fully saturated rings. The van der Waals surface area contributed by atoms with Gasteiger partial charge in [0.25, 0.3) is 0 Å². The Kier molecular flexibility index (Phi) is 4.28. The van der Waals surface area contributed by atoms with E-state index in [1.165, 1.54) is 12.8 Å². The molecule has 0 radical (unpaired) electrons. The fraction of sp³-hybridized carbons (Fsp3) is 0.667. The second-order valence-electron chi connectivity index (χ2n) is 4.51. The van der Waals surface area contributed by atoms with Crippen molar-refractivity contribution in [1.29, 1.82) is 0 Å². The molecule has 0 aliphatic heterocycles. The molecule has 1 aromatic heterocycles. The molecule has 2 rings (SSSR count). The van der Waals surface area contributed by atoms with Gasteiger partial charge in [-0.05, 0) is 18.8 Å². The molecule has 5 heteroatoms. The van der Waals surface area contributed by atoms with Gasteiger partial charge in [0.2, 0.25) is 0 Å². The monoisotopic (exact) mass is 236 g/mol. The Morgan fingerprint density at radius 3 is 2.82 bits per heavy atom. The van der Waals surface area contributed by atoms with Crippen molar-refractivity contribution in [2.24, 2.45) is 11.7 Å². The third kappa shape index (κ3) is 3.94. The normalized spacial score (nSPS) is 14.9. The van der Waals surface area contributed by atoms with Gasteiger partial charge in [0.05, 0.1) is 24.7 Å². The number of nitrogens with two attached hydrogens (primary N) is 1. The van der Waals surface area contributed by atoms with Gasteiger partial charge in [0.1, 0.15) is 5.82 Å². The topological polar surface area (TPSA) is 64.3 Å². The van der Waals surface area contributed by atoms with Crippen LogP contribution in [0.15, 0.2) is 12.4 Å². The van der Waals surface area contributed by atoms with Gasteiger partial charge in [-0.1, -0.05) is 0 Å². The summed E-state index contributed by atoms with van der Waals surface area (Å²) >= 11 is 0. The van der Waals surface area contributed by atoms with Gasteiger partial charge in [-0.15, -0.1) is 0 Å². The molecule has 0 unspecified atom stereocenters. The molecule has 0 aromatic carbocycles. The molecule has 0 bridgehead atoms. The van der Waals surface area contributed by atoms with Crippen LogP contribution in [-0.2, 0) is 11.3 Å². The average Bonchev–Trinajstić information content (AvgIpc) is 3.18. The summed E-state index contributed by atoms with van der Waals surface area (Å²) in [5, 5.41) is 0. The molecule has 0 spiro atoms. The molecule has 94 valence electrons. The first-order valence-electron chi connectivity index (χ1n) is 6.09. The van der Waals surface area contributed by atoms with Gasteiger partial charge >= 0.3 is 0 Å². The molecular weight excluding hydrogens is 216 g/mol. The molecule has 1 saturated carbocycles. The second kappa shape index (κ2) is 5.93. The van der Waals surface area contributed by atoms with Gasteiger partial charge < -0.3 is 15.4 Å². The third-order valence-corrected chi connectivity index (χ3v) is 2.91. The number of rotatable bonds is 7. The molecule has 2 N–H and O–H groups in total. The third-order valence-electron chi connectivity index (χ3n) is 2.91. The summed E-state index contributed by atoms with van der Waals surface area (Å²) in [5.74, 6) is 1.68. The maximum absolute atomic E-state index is 5.58. The zero-order chi connectivity index (χ0) is 12.1. The summed E-state index contributed by atoms with van der Waals surface area (Å²) in [6.07, 6.45) is 6.14. The lowest BCUT2D eigenvalue weighted by molar-refractivity contribution is 0.131. The van der Waals surface area contributed by atoms with E-state index in [0.717, 1.165) is 37.2 Å². The predicted molar refractivity (Wildman–Crippen MR) is 66.7 cm³/mol. The lowest BCUT2D eigenvalue weighted by Crippen LogP contribution is -2.24. The highest BCUT2D eigenvalue weighted by molar-refractivity contribution is 5.34. The van der Waals surface area contributed by atoms with E-state index in [9.17, 15) is 0 Å². The SMILES string of the molecule is CN(CCOCC1CC1)c1cnc(CN)cn1. The lowest BCUT2D eigenvalue weighted by atomic mass is 10.4. The van der Waals surface area contributed by atoms with Crippen molar-refractivity contribution in [3.63, 3.8) is 0 Å². The van der Waals surface area contributed by atoms with Crippen molar-refractivity contribution in [2.45, 2.75) is 19.4 Å². The predicted octanol–water partition coefficient (Wildman–Crippen LogP) is 0.798. The van der Waals surface area contributed by atoms with Crippen LogP contribution in [0, 0.1) is 5.92 Å². The molecule has 0 amide bonds. The first kappa shape index (κ1) is 12.3. The number of hydrogen-bond donors (Lipinski definition) is 1. The number of nitrogens with zero attached hydrogens (tertiary/aromatic N) is 3. The molecule has 5 nitrogen and oxygen atoms in total. The summed E-state index contributed by atoms with van der Waals surface area (Å²) in [4.78, 5) is 10.6. The Labute approximate surface area is 102 Å². The van der Waals surface area contributed by atoms with Crippen LogP contribution in [0.4, 0.5) is 5.82 Å². The molecule has 1 aliphatic rings. The van der Waals surface area contributed by atoms with E-state index in [1.54, 1.807) is 12.4 Å². The van der Waals surface area contributed by atoms with Crippen LogP contribution in [0.1, 0.15) is 18.5 Å². The van der Waals surface area contributed by atoms with Gasteiger partial charge in [-0.3, -0.25) is 4.98 Å². The fourth-order valence-corrected chi connectivity index (χ4v) is 1.50. The van der Waals surface area contributed by atoms with Crippen LogP contribution >= 0.6 is 0 Å². The van der Waals surface area contributed by atoms with E-state index in [2.05, 4.69) is 9.97 Å². The Morgan fingerprint density at radius 1 is 1.41 bits per heavy atom. The van der Waals surface area contributed by atoms with Gasteiger partial charge in [0.15, 0.2) is 0 Å². The average molecular weight is 236 g/mol. The van der Waals surface area contributed by atoms with Crippen LogP contribution in [0.2, 0.25) is 0 Å². The Hall–Kier alpha value is -1.20. The number of likely N-dealkylation sites (N-methyl/N-ethyl adjacent to an activating group) is 1. The lowest BCUT2D eigenvalue weighted by Gasteiger charge is -2.17. The number of hydrogen-bond acceptors (Lipinski definition) is 5. The van der Waals surface area contributed by atoms with Crippen molar-refractivity contribution < 1.29 is 4.74 Å². The summed E-state index contributed by atoms with van der Waals surface area (Å²) in [7, 11) is 1.99. The summed E-state index contributed by atoms with van der Waals surface area (Å²) in [6.45, 7) is 2.92. The van der Waals surface area contributed by atoms with Crippen molar-refractivity contribution in [3.05, 3.63) is 18.1 Å². The van der Waals surface area contributed by atoms with Gasteiger partial charge in [0, 0.05) is 26.7 Å². The van der Waals surface area contributed by atoms with E-state index < -0.39 is 0 Å². The van der Waals surface area contributed by atoms with Crippen molar-refractivity contribution in [2.75, 3.05) is 31.7 Å². The largest absolute Gasteiger partial charge is 0.379 e. The molecule has 1 heterocycles. The maximum Gasteiger partial charge on any atom is 0.146 e. The smallest absolute Gasteiger partial charge is 0.146 e. The number of anilines is 1. The van der Waals surface area contributed by atoms with Gasteiger partial charge in [-0.25, -0.2) is 4.98 Å². The van der Waals surface area contributed by atoms with Crippen LogP contribution in [0.25, 0.3) is 0 Å². The van der Waals surface area contributed by atoms with E-state index in [4.69, 9.17) is 10.5 Å². The van der Waals surface area contributed by atoms with Crippen molar-refractivity contribution >= 4 is 5.82 Å². The molecule has 1 aromatic rings. The van der Waals surface area contributed by atoms with E-state index in [0.29, 0.717) is 6.54 Å². The van der Waals surface area contributed by atoms with E-state index in [-0.39, 0.29) is 0 Å². The molecule has 0 saturated heterocycles. The van der Waals surface area contributed by atoms with Crippen LogP contribution in [-0.4, -0.2) is 36.8 Å². The first-order valence-corrected chi connectivity index (χ1v) is 6.09. The highest BCUT2D eigenvalue weighted by atomic mass is 16.5. The Morgan fingerprint density at radius 2 is 2.24 bits per heavy atom. The standard InChI is InChI=1S/C12H20N4O/c1-16(4-5-17-9-10-2-3-10)12-8-14-11(6-13)7-15-12/h7-8,10H,2-6,9,13H2,1H3. The summed E-state index contributed by atoms with van der Waals surface area (Å²) in [6, 6.07) is 0. The van der Waals surface area contributed by atoms with Crippen LogP contribution < -0.4 is 10.6 Å². The highest BCUT2D eigenvalue weighted by Crippen LogP contribution is 2.28. The minimum Gasteiger partial charge on any atom is -0.379 e. The Bertz CT molecular complexity index is 337. The van der Waals surface area contributed by atoms with Crippen LogP contribution in [0.3, 0.4) is 0 Å². The zero-order valence-electron chi connectivity index (χ0n) is 10.3. The second-order valence-corrected chi connectivity index (χ2v) is 4.51. The first-order chi connectivity index (χ1) is 8.29. The maximum atomic E-state index is 5.58. The van der Waals surface area contributed by atoms with Gasteiger partial charge in [-0.2, -0.15) is 0 Å². The van der Waals surface area contributed by atoms with Crippen LogP contribution in [0.5, 0.6) is 0 Å². The molecular formula is C12H20N4O. The Balaban J connectivity index is 1.71. The number of ether oxygens (including phenoxy) is 1. The quantitative estimate of drug-likeness (QED) is 0.709. The van der Waals surface area contributed by atoms with Crippen molar-refractivity contribution in [1.82, 2.24) is 9.97 Å². The highest BCUT2D eigenvalue weighted by Gasteiger charge is 2.20. The van der Waals surface area contributed by atoms with Crippen molar-refractivity contribution in [3.8, 4) is 0 Å². The van der Waals surface area contributed by atoms with E-state index >= 15 is 0 Å². The molecule has 0 atom stereocenters. The number of aromatic nitrogens is 2. The van der Waals surface area contributed by atoms with E-state index in [1.807, 2.05) is 11.9 Å². The summed E-state index contributed by atoms with van der Waals surface area (Å²) in [5.41, 5.74) is 6.28.